The molecule has 71 heavy (non-hydrogen) atoms. The van der Waals surface area contributed by atoms with E-state index in [2.05, 4.69) is 36.5 Å². The Balaban J connectivity index is 0.897. The zero-order chi connectivity index (χ0) is 50.2. The third-order valence-electron chi connectivity index (χ3n) is 11.6. The van der Waals surface area contributed by atoms with Gasteiger partial charge in [0.1, 0.15) is 13.2 Å². The van der Waals surface area contributed by atoms with Crippen molar-refractivity contribution in [2.24, 2.45) is 0 Å². The Morgan fingerprint density at radius 1 is 0.380 bits per heavy atom. The summed E-state index contributed by atoms with van der Waals surface area (Å²) in [5, 5.41) is 2.75. The van der Waals surface area contributed by atoms with Crippen LogP contribution in [-0.4, -0.2) is 177 Å². The Hall–Kier alpha value is -3.26. The molecule has 0 spiro atoms. The first kappa shape index (κ1) is 62.0. The molecule has 1 aliphatic rings. The number of nitrogens with one attached hydrogen (secondary N) is 1. The fourth-order valence-electron chi connectivity index (χ4n) is 7.75. The number of benzene rings is 2. The quantitative estimate of drug-likeness (QED) is 0.0494. The van der Waals surface area contributed by atoms with Crippen molar-refractivity contribution in [3.8, 4) is 11.1 Å². The van der Waals surface area contributed by atoms with Crippen LogP contribution in [0.4, 0.5) is 4.79 Å². The smallest absolute Gasteiger partial charge is 0.407 e. The molecule has 0 heterocycles. The van der Waals surface area contributed by atoms with Gasteiger partial charge in [-0.25, -0.2) is 4.79 Å². The van der Waals surface area contributed by atoms with Gasteiger partial charge in [-0.1, -0.05) is 133 Å². The minimum atomic E-state index is -0.455. The second-order valence-corrected chi connectivity index (χ2v) is 17.2. The number of alkyl carbamates (subject to hydrolysis) is 1. The van der Waals surface area contributed by atoms with Crippen molar-refractivity contribution < 1.29 is 71.2 Å². The van der Waals surface area contributed by atoms with Crippen molar-refractivity contribution >= 4 is 12.1 Å². The Kier molecular flexibility index (Phi) is 40.6. The van der Waals surface area contributed by atoms with Gasteiger partial charge in [-0.2, -0.15) is 0 Å². The van der Waals surface area contributed by atoms with Crippen LogP contribution in [0.25, 0.3) is 11.1 Å². The summed E-state index contributed by atoms with van der Waals surface area (Å²) in [6, 6.07) is 16.5. The second kappa shape index (κ2) is 46.5. The predicted octanol–water partition coefficient (Wildman–Crippen LogP) is 8.73. The Morgan fingerprint density at radius 2 is 0.690 bits per heavy atom. The molecule has 0 unspecified atom stereocenters. The molecule has 0 bridgehead atoms. The third kappa shape index (κ3) is 34.0. The zero-order valence-corrected chi connectivity index (χ0v) is 43.4. The molecule has 16 heteroatoms. The number of esters is 1. The number of amides is 1. The molecule has 0 radical (unpaired) electrons. The number of carbonyl (C=O) groups excluding carboxylic acids is 2. The van der Waals surface area contributed by atoms with Crippen LogP contribution >= 0.6 is 0 Å². The summed E-state index contributed by atoms with van der Waals surface area (Å²) in [6.07, 6.45) is 16.8. The van der Waals surface area contributed by atoms with Crippen LogP contribution in [0.2, 0.25) is 0 Å². The monoisotopic (exact) mass is 1010 g/mol. The Labute approximate surface area is 426 Å². The van der Waals surface area contributed by atoms with E-state index in [1.165, 1.54) is 92.9 Å². The topological polar surface area (TPSA) is 166 Å². The fraction of sp³-hybridized carbons (Fsp3) is 0.745. The average Bonchev–Trinajstić information content (AvgIpc) is 3.71. The number of unbranched alkanes of at least 4 members (excludes halogenated alkanes) is 12. The van der Waals surface area contributed by atoms with E-state index in [0.717, 1.165) is 12.8 Å². The lowest BCUT2D eigenvalue weighted by molar-refractivity contribution is -0.145. The van der Waals surface area contributed by atoms with Gasteiger partial charge in [-0.15, -0.1) is 0 Å². The van der Waals surface area contributed by atoms with Gasteiger partial charge in [0.05, 0.1) is 145 Å². The van der Waals surface area contributed by atoms with Gasteiger partial charge in [-0.05, 0) is 28.7 Å². The highest BCUT2D eigenvalue weighted by atomic mass is 16.6. The molecule has 406 valence electrons. The first-order valence-corrected chi connectivity index (χ1v) is 26.8. The van der Waals surface area contributed by atoms with Crippen molar-refractivity contribution in [1.29, 1.82) is 0 Å². The van der Waals surface area contributed by atoms with Crippen molar-refractivity contribution in [2.75, 3.05) is 165 Å². The molecule has 0 aliphatic heterocycles. The SMILES string of the molecule is CCCCCCCCCCCCCCCC(=O)OCCOCCOCCOCCOCCOCCOCCOCCOCCOCCOCCOCCNC(=O)OCC1c2ccccc2-c2ccccc21. The summed E-state index contributed by atoms with van der Waals surface area (Å²) in [7, 11) is 0. The molecular formula is C55H91NO15. The van der Waals surface area contributed by atoms with Crippen LogP contribution in [0, 0.1) is 0 Å². The summed E-state index contributed by atoms with van der Waals surface area (Å²) in [6.45, 7) is 13.3. The largest absolute Gasteiger partial charge is 0.463 e. The van der Waals surface area contributed by atoms with E-state index in [9.17, 15) is 9.59 Å². The molecule has 16 nitrogen and oxygen atoms in total. The molecule has 3 rings (SSSR count). The van der Waals surface area contributed by atoms with E-state index < -0.39 is 6.09 Å². The number of rotatable bonds is 52. The molecule has 2 aromatic carbocycles. The Bertz CT molecular complexity index is 1490. The normalized spacial score (nSPS) is 12.1. The van der Waals surface area contributed by atoms with Gasteiger partial charge in [0.2, 0.25) is 0 Å². The summed E-state index contributed by atoms with van der Waals surface area (Å²) < 4.78 is 71.6. The summed E-state index contributed by atoms with van der Waals surface area (Å²) in [4.78, 5) is 24.2. The summed E-state index contributed by atoms with van der Waals surface area (Å²) in [5.41, 5.74) is 4.76. The van der Waals surface area contributed by atoms with E-state index in [1.807, 2.05) is 24.3 Å². The molecule has 0 saturated heterocycles. The Morgan fingerprint density at radius 3 is 1.06 bits per heavy atom. The van der Waals surface area contributed by atoms with Gasteiger partial charge >= 0.3 is 12.1 Å². The molecule has 0 aromatic heterocycles. The van der Waals surface area contributed by atoms with E-state index in [4.69, 9.17) is 61.6 Å². The van der Waals surface area contributed by atoms with Gasteiger partial charge in [0.15, 0.2) is 0 Å². The molecule has 0 saturated carbocycles. The van der Waals surface area contributed by atoms with Crippen molar-refractivity contribution in [3.05, 3.63) is 59.7 Å². The standard InChI is InChI=1S/C55H91NO15/c1-2-3-4-5-6-7-8-9-10-11-12-13-14-23-54(57)70-47-46-69-45-44-68-43-42-67-41-40-66-39-38-65-37-36-64-35-34-63-33-32-62-31-30-61-29-28-60-27-26-59-25-24-56-55(58)71-48-53-51-21-17-15-19-49(51)50-20-16-18-22-52(50)53/h15-22,53H,2-14,23-48H2,1H3,(H,56,58). The molecular weight excluding hydrogens is 915 g/mol. The van der Waals surface area contributed by atoms with Crippen molar-refractivity contribution in [1.82, 2.24) is 5.32 Å². The molecule has 2 aromatic rings. The number of hydrogen-bond donors (Lipinski definition) is 1. The first-order valence-electron chi connectivity index (χ1n) is 26.8. The number of carbonyl (C=O) groups is 2. The van der Waals surface area contributed by atoms with E-state index in [1.54, 1.807) is 0 Å². The predicted molar refractivity (Wildman–Crippen MR) is 273 cm³/mol. The molecule has 1 aliphatic carbocycles. The molecule has 1 amide bonds. The third-order valence-corrected chi connectivity index (χ3v) is 11.6. The maximum absolute atomic E-state index is 12.3. The van der Waals surface area contributed by atoms with Crippen molar-refractivity contribution in [2.45, 2.75) is 103 Å². The summed E-state index contributed by atoms with van der Waals surface area (Å²) >= 11 is 0. The molecule has 0 atom stereocenters. The lowest BCUT2D eigenvalue weighted by Crippen LogP contribution is -2.29. The maximum Gasteiger partial charge on any atom is 0.407 e. The number of hydrogen-bond acceptors (Lipinski definition) is 15. The highest BCUT2D eigenvalue weighted by molar-refractivity contribution is 5.79. The van der Waals surface area contributed by atoms with E-state index in [-0.39, 0.29) is 25.1 Å². The number of fused-ring (bicyclic) bond motifs is 3. The number of ether oxygens (including phenoxy) is 13. The van der Waals surface area contributed by atoms with Crippen LogP contribution in [0.15, 0.2) is 48.5 Å². The first-order chi connectivity index (χ1) is 35.2. The minimum absolute atomic E-state index is 0.0321. The van der Waals surface area contributed by atoms with Crippen LogP contribution in [-0.2, 0) is 66.4 Å². The minimum Gasteiger partial charge on any atom is -0.463 e. The van der Waals surface area contributed by atoms with Gasteiger partial charge in [0.25, 0.3) is 0 Å². The van der Waals surface area contributed by atoms with Crippen LogP contribution < -0.4 is 5.32 Å². The van der Waals surface area contributed by atoms with Gasteiger partial charge in [0, 0.05) is 18.9 Å². The van der Waals surface area contributed by atoms with Crippen molar-refractivity contribution in [3.63, 3.8) is 0 Å². The van der Waals surface area contributed by atoms with Crippen LogP contribution in [0.3, 0.4) is 0 Å². The van der Waals surface area contributed by atoms with Crippen LogP contribution in [0.1, 0.15) is 114 Å². The average molecular weight is 1010 g/mol. The fourth-order valence-corrected chi connectivity index (χ4v) is 7.75. The van der Waals surface area contributed by atoms with Gasteiger partial charge < -0.3 is 66.9 Å². The molecule has 0 fully saturated rings. The van der Waals surface area contributed by atoms with Crippen LogP contribution in [0.5, 0.6) is 0 Å². The highest BCUT2D eigenvalue weighted by Crippen LogP contribution is 2.44. The maximum atomic E-state index is 12.3. The summed E-state index contributed by atoms with van der Waals surface area (Å²) in [5.74, 6) is -0.105. The van der Waals surface area contributed by atoms with E-state index >= 15 is 0 Å². The van der Waals surface area contributed by atoms with E-state index in [0.29, 0.717) is 158 Å². The lowest BCUT2D eigenvalue weighted by atomic mass is 9.98. The zero-order valence-electron chi connectivity index (χ0n) is 43.4. The second-order valence-electron chi connectivity index (χ2n) is 17.2. The highest BCUT2D eigenvalue weighted by Gasteiger charge is 2.29. The molecule has 1 N–H and O–H groups in total. The lowest BCUT2D eigenvalue weighted by Gasteiger charge is -2.14. The van der Waals surface area contributed by atoms with Gasteiger partial charge in [-0.3, -0.25) is 4.79 Å².